The van der Waals surface area contributed by atoms with Gasteiger partial charge in [-0.1, -0.05) is 12.1 Å². The average Bonchev–Trinajstić information content (AvgIpc) is 3.13. The van der Waals surface area contributed by atoms with E-state index in [4.69, 9.17) is 0 Å². The highest BCUT2D eigenvalue weighted by Crippen LogP contribution is 2.29. The van der Waals surface area contributed by atoms with Crippen LogP contribution in [0.5, 0.6) is 0 Å². The third kappa shape index (κ3) is 2.93. The largest absolute Gasteiger partial charge is 0.352 e. The van der Waals surface area contributed by atoms with Crippen molar-refractivity contribution in [1.82, 2.24) is 18.4 Å². The van der Waals surface area contributed by atoms with Crippen LogP contribution in [0.25, 0.3) is 10.1 Å². The van der Waals surface area contributed by atoms with Gasteiger partial charge in [-0.2, -0.15) is 4.37 Å². The van der Waals surface area contributed by atoms with Crippen molar-refractivity contribution in [3.05, 3.63) is 56.9 Å². The van der Waals surface area contributed by atoms with Crippen molar-refractivity contribution in [2.75, 3.05) is 31.1 Å². The Bertz CT molecular complexity index is 1140. The van der Waals surface area contributed by atoms with Gasteiger partial charge in [-0.25, -0.2) is 4.79 Å². The summed E-state index contributed by atoms with van der Waals surface area (Å²) >= 11 is 1.47. The molecule has 0 unspecified atom stereocenters. The molecule has 0 bridgehead atoms. The minimum absolute atomic E-state index is 0.121. The Morgan fingerprint density at radius 3 is 2.48 bits per heavy atom. The first-order valence-corrected chi connectivity index (χ1v) is 9.40. The zero-order valence-electron chi connectivity index (χ0n) is 15.1. The maximum Gasteiger partial charge on any atom is 0.331 e. The molecular formula is C18H19N5O3S. The number of benzene rings is 1. The molecule has 2 aromatic heterocycles. The number of anilines is 1. The van der Waals surface area contributed by atoms with E-state index in [1.54, 1.807) is 4.90 Å². The van der Waals surface area contributed by atoms with Crippen LogP contribution < -0.4 is 16.1 Å². The summed E-state index contributed by atoms with van der Waals surface area (Å²) in [6.45, 7) is 2.32. The Morgan fingerprint density at radius 2 is 1.74 bits per heavy atom. The number of nitrogens with zero attached hydrogens (tertiary/aromatic N) is 5. The van der Waals surface area contributed by atoms with Crippen LogP contribution in [-0.2, 0) is 14.1 Å². The van der Waals surface area contributed by atoms with E-state index >= 15 is 0 Å². The van der Waals surface area contributed by atoms with Crippen LogP contribution in [0.2, 0.25) is 0 Å². The van der Waals surface area contributed by atoms with Gasteiger partial charge in [-0.05, 0) is 23.7 Å². The topological polar surface area (TPSA) is 80.4 Å². The van der Waals surface area contributed by atoms with E-state index in [0.29, 0.717) is 26.2 Å². The van der Waals surface area contributed by atoms with Crippen LogP contribution in [0.1, 0.15) is 10.5 Å². The molecular weight excluding hydrogens is 366 g/mol. The van der Waals surface area contributed by atoms with Crippen molar-refractivity contribution in [2.45, 2.75) is 0 Å². The summed E-state index contributed by atoms with van der Waals surface area (Å²) < 4.78 is 7.92. The number of fused-ring (bicyclic) bond motifs is 1. The molecule has 0 saturated carbocycles. The monoisotopic (exact) mass is 385 g/mol. The number of hydrogen-bond acceptors (Lipinski definition) is 6. The molecule has 1 fully saturated rings. The molecule has 3 heterocycles. The molecule has 4 rings (SSSR count). The highest BCUT2D eigenvalue weighted by atomic mass is 32.1. The summed E-state index contributed by atoms with van der Waals surface area (Å²) in [7, 11) is 2.91. The van der Waals surface area contributed by atoms with Crippen LogP contribution >= 0.6 is 11.5 Å². The summed E-state index contributed by atoms with van der Waals surface area (Å²) in [5.74, 6) is 0.652. The highest BCUT2D eigenvalue weighted by molar-refractivity contribution is 7.13. The molecule has 0 aliphatic carbocycles. The molecule has 0 atom stereocenters. The average molecular weight is 385 g/mol. The Hall–Kier alpha value is -2.94. The standard InChI is InChI=1S/C18H19N5O3S/c1-20-13(11-15(24)21(2)18(20)26)17(25)23-9-7-22(8-10-23)16-12-5-3-4-6-14(12)27-19-16/h3-6,11H,7-10H2,1-2H3. The molecule has 0 N–H and O–H groups in total. The Morgan fingerprint density at radius 1 is 1.04 bits per heavy atom. The van der Waals surface area contributed by atoms with Gasteiger partial charge in [-0.15, -0.1) is 0 Å². The summed E-state index contributed by atoms with van der Waals surface area (Å²) in [4.78, 5) is 40.6. The van der Waals surface area contributed by atoms with E-state index in [-0.39, 0.29) is 11.6 Å². The lowest BCUT2D eigenvalue weighted by Gasteiger charge is -2.35. The third-order valence-corrected chi connectivity index (χ3v) is 5.79. The van der Waals surface area contributed by atoms with Crippen molar-refractivity contribution < 1.29 is 4.79 Å². The molecule has 1 saturated heterocycles. The van der Waals surface area contributed by atoms with Crippen molar-refractivity contribution in [3.8, 4) is 0 Å². The summed E-state index contributed by atoms with van der Waals surface area (Å²) in [6, 6.07) is 9.32. The first-order valence-electron chi connectivity index (χ1n) is 8.63. The first kappa shape index (κ1) is 17.5. The lowest BCUT2D eigenvalue weighted by atomic mass is 10.2. The fourth-order valence-corrected chi connectivity index (χ4v) is 4.12. The molecule has 0 radical (unpaired) electrons. The molecule has 3 aromatic rings. The van der Waals surface area contributed by atoms with Crippen molar-refractivity contribution in [1.29, 1.82) is 0 Å². The van der Waals surface area contributed by atoms with Gasteiger partial charge in [0.15, 0.2) is 0 Å². The Labute approximate surface area is 159 Å². The molecule has 0 spiro atoms. The second kappa shape index (κ2) is 6.66. The zero-order valence-corrected chi connectivity index (χ0v) is 15.9. The van der Waals surface area contributed by atoms with E-state index in [1.807, 2.05) is 18.2 Å². The van der Waals surface area contributed by atoms with Gasteiger partial charge in [0.05, 0.1) is 4.70 Å². The predicted molar refractivity (Wildman–Crippen MR) is 105 cm³/mol. The fourth-order valence-electron chi connectivity index (χ4n) is 3.32. The van der Waals surface area contributed by atoms with E-state index in [9.17, 15) is 14.4 Å². The lowest BCUT2D eigenvalue weighted by molar-refractivity contribution is 0.0734. The second-order valence-corrected chi connectivity index (χ2v) is 7.35. The molecule has 1 aliphatic heterocycles. The number of aromatic nitrogens is 3. The predicted octanol–water partition coefficient (Wildman–Crippen LogP) is 0.656. The SMILES string of the molecule is Cn1c(C(=O)N2CCN(c3nsc4ccccc34)CC2)cc(=O)n(C)c1=O. The molecule has 1 amide bonds. The summed E-state index contributed by atoms with van der Waals surface area (Å²) in [5.41, 5.74) is -0.858. The van der Waals surface area contributed by atoms with E-state index in [2.05, 4.69) is 15.3 Å². The first-order chi connectivity index (χ1) is 13.0. The van der Waals surface area contributed by atoms with E-state index in [0.717, 1.165) is 20.5 Å². The minimum atomic E-state index is -0.501. The highest BCUT2D eigenvalue weighted by Gasteiger charge is 2.26. The fraction of sp³-hybridized carbons (Fsp3) is 0.333. The van der Waals surface area contributed by atoms with Crippen LogP contribution in [-0.4, -0.2) is 50.5 Å². The maximum absolute atomic E-state index is 12.8. The van der Waals surface area contributed by atoms with Crippen molar-refractivity contribution in [2.24, 2.45) is 14.1 Å². The molecule has 1 aromatic carbocycles. The maximum atomic E-state index is 12.8. The van der Waals surface area contributed by atoms with Crippen LogP contribution in [0.15, 0.2) is 39.9 Å². The molecule has 8 nitrogen and oxygen atoms in total. The number of rotatable bonds is 2. The second-order valence-electron chi connectivity index (χ2n) is 6.55. The van der Waals surface area contributed by atoms with Gasteiger partial charge in [-0.3, -0.25) is 18.7 Å². The summed E-state index contributed by atoms with van der Waals surface area (Å²) in [5, 5.41) is 1.12. The lowest BCUT2D eigenvalue weighted by Crippen LogP contribution is -2.50. The zero-order chi connectivity index (χ0) is 19.1. The smallest absolute Gasteiger partial charge is 0.331 e. The van der Waals surface area contributed by atoms with Gasteiger partial charge >= 0.3 is 5.69 Å². The van der Waals surface area contributed by atoms with Gasteiger partial charge in [0, 0.05) is 51.7 Å². The van der Waals surface area contributed by atoms with Gasteiger partial charge in [0.25, 0.3) is 11.5 Å². The quantitative estimate of drug-likeness (QED) is 0.647. The summed E-state index contributed by atoms with van der Waals surface area (Å²) in [6.07, 6.45) is 0. The normalized spacial score (nSPS) is 14.7. The minimum Gasteiger partial charge on any atom is -0.352 e. The number of amides is 1. The van der Waals surface area contributed by atoms with E-state index in [1.165, 1.54) is 36.3 Å². The van der Waals surface area contributed by atoms with Crippen molar-refractivity contribution in [3.63, 3.8) is 0 Å². The number of carbonyl (C=O) groups is 1. The molecule has 1 aliphatic rings. The van der Waals surface area contributed by atoms with E-state index < -0.39 is 11.2 Å². The number of carbonyl (C=O) groups excluding carboxylic acids is 1. The third-order valence-electron chi connectivity index (χ3n) is 4.97. The molecule has 27 heavy (non-hydrogen) atoms. The van der Waals surface area contributed by atoms with Crippen molar-refractivity contribution >= 4 is 33.3 Å². The van der Waals surface area contributed by atoms with Gasteiger partial charge in [0.1, 0.15) is 11.5 Å². The number of hydrogen-bond donors (Lipinski definition) is 0. The van der Waals surface area contributed by atoms with Gasteiger partial charge < -0.3 is 9.80 Å². The molecule has 140 valence electrons. The van der Waals surface area contributed by atoms with Crippen LogP contribution in [0, 0.1) is 0 Å². The Kier molecular flexibility index (Phi) is 4.31. The van der Waals surface area contributed by atoms with Gasteiger partial charge in [0.2, 0.25) is 0 Å². The van der Waals surface area contributed by atoms with Crippen LogP contribution in [0.3, 0.4) is 0 Å². The molecule has 9 heteroatoms. The number of piperazine rings is 1. The van der Waals surface area contributed by atoms with Crippen LogP contribution in [0.4, 0.5) is 5.82 Å². The Balaban J connectivity index is 1.54.